The second kappa shape index (κ2) is 9.89. The molecule has 0 radical (unpaired) electrons. The van der Waals surface area contributed by atoms with Crippen molar-refractivity contribution in [1.29, 1.82) is 0 Å². The van der Waals surface area contributed by atoms with Gasteiger partial charge in [-0.05, 0) is 48.6 Å². The van der Waals surface area contributed by atoms with Crippen molar-refractivity contribution in [3.63, 3.8) is 0 Å². The third-order valence-electron chi connectivity index (χ3n) is 3.89. The fraction of sp³-hybridized carbons (Fsp3) is 0.0476. The molecule has 3 N–H and O–H groups in total. The number of anilines is 1. The van der Waals surface area contributed by atoms with Gasteiger partial charge in [0.15, 0.2) is 10.0 Å². The molecular weight excluding hydrogens is 470 g/mol. The second-order valence-corrected chi connectivity index (χ2v) is 9.38. The molecule has 0 aliphatic heterocycles. The van der Waals surface area contributed by atoms with Gasteiger partial charge in [0.1, 0.15) is 5.84 Å². The van der Waals surface area contributed by atoms with Crippen molar-refractivity contribution in [2.75, 3.05) is 11.2 Å². The fourth-order valence-electron chi connectivity index (χ4n) is 2.46. The van der Waals surface area contributed by atoms with Crippen LogP contribution in [0.1, 0.15) is 5.56 Å². The van der Waals surface area contributed by atoms with E-state index >= 15 is 0 Å². The Balaban J connectivity index is 1.79. The van der Waals surface area contributed by atoms with Crippen LogP contribution in [-0.2, 0) is 14.4 Å². The number of aliphatic imine (C=N–C) groups is 1. The molecule has 3 aromatic carbocycles. The first-order valence-electron chi connectivity index (χ1n) is 8.67. The molecule has 5 nitrogen and oxygen atoms in total. The SMILES string of the molecule is O=[S+](O)(CN=C(NC(=S)Nc1ccc(Br)cc1)c1ccccc1)c1ccccc1. The molecule has 0 aliphatic carbocycles. The summed E-state index contributed by atoms with van der Waals surface area (Å²) in [4.78, 5) is 4.72. The van der Waals surface area contributed by atoms with Gasteiger partial charge in [-0.15, -0.1) is 0 Å². The van der Waals surface area contributed by atoms with Crippen molar-refractivity contribution in [1.82, 2.24) is 5.32 Å². The molecule has 29 heavy (non-hydrogen) atoms. The average Bonchev–Trinajstić information content (AvgIpc) is 2.74. The van der Waals surface area contributed by atoms with Gasteiger partial charge in [0.2, 0.25) is 5.88 Å². The Hall–Kier alpha value is -2.39. The molecule has 1 unspecified atom stereocenters. The summed E-state index contributed by atoms with van der Waals surface area (Å²) in [7, 11) is -3.31. The Morgan fingerprint density at radius 3 is 2.17 bits per heavy atom. The predicted octanol–water partition coefficient (Wildman–Crippen LogP) is 5.17. The first-order chi connectivity index (χ1) is 13.9. The molecule has 3 rings (SSSR count). The topological polar surface area (TPSA) is 73.7 Å². The molecule has 8 heteroatoms. The van der Waals surface area contributed by atoms with Crippen molar-refractivity contribution in [2.24, 2.45) is 4.99 Å². The summed E-state index contributed by atoms with van der Waals surface area (Å²) >= 11 is 8.79. The van der Waals surface area contributed by atoms with E-state index < -0.39 is 10.2 Å². The summed E-state index contributed by atoms with van der Waals surface area (Å²) in [5.74, 6) is 0.132. The highest BCUT2D eigenvalue weighted by Crippen LogP contribution is 2.17. The predicted molar refractivity (Wildman–Crippen MR) is 127 cm³/mol. The molecule has 0 saturated heterocycles. The van der Waals surface area contributed by atoms with Crippen LogP contribution in [0.4, 0.5) is 5.69 Å². The Morgan fingerprint density at radius 2 is 1.55 bits per heavy atom. The fourth-order valence-corrected chi connectivity index (χ4v) is 3.98. The third-order valence-corrected chi connectivity index (χ3v) is 6.11. The molecule has 0 saturated carbocycles. The van der Waals surface area contributed by atoms with Gasteiger partial charge in [-0.1, -0.05) is 68.7 Å². The largest absolute Gasteiger partial charge is 0.332 e. The number of nitrogens with zero attached hydrogens (tertiary/aromatic N) is 1. The Morgan fingerprint density at radius 1 is 0.966 bits per heavy atom. The first-order valence-corrected chi connectivity index (χ1v) is 11.6. The van der Waals surface area contributed by atoms with Crippen LogP contribution < -0.4 is 10.6 Å². The van der Waals surface area contributed by atoms with E-state index in [0.717, 1.165) is 15.7 Å². The van der Waals surface area contributed by atoms with Gasteiger partial charge < -0.3 is 10.6 Å². The minimum atomic E-state index is -3.31. The van der Waals surface area contributed by atoms with Gasteiger partial charge in [-0.25, -0.2) is 4.99 Å². The zero-order chi connectivity index (χ0) is 20.7. The molecule has 0 fully saturated rings. The highest BCUT2D eigenvalue weighted by atomic mass is 79.9. The molecule has 148 valence electrons. The molecule has 0 spiro atoms. The number of thiocarbonyl (C=S) groups is 1. The number of nitrogens with one attached hydrogen (secondary N) is 2. The van der Waals surface area contributed by atoms with E-state index in [-0.39, 0.29) is 5.88 Å². The normalized spacial score (nSPS) is 13.4. The number of amidine groups is 1. The van der Waals surface area contributed by atoms with E-state index in [1.165, 1.54) is 0 Å². The van der Waals surface area contributed by atoms with Crippen molar-refractivity contribution in [3.8, 4) is 0 Å². The molecular formula is C21H19BrN3O2S2+. The summed E-state index contributed by atoms with van der Waals surface area (Å²) in [6, 6.07) is 25.4. The lowest BCUT2D eigenvalue weighted by Crippen LogP contribution is -2.35. The molecule has 0 aromatic heterocycles. The highest BCUT2D eigenvalue weighted by Gasteiger charge is 2.28. The molecule has 0 aliphatic rings. The minimum Gasteiger partial charge on any atom is -0.332 e. The third kappa shape index (κ3) is 6.30. The van der Waals surface area contributed by atoms with Gasteiger partial charge in [0.25, 0.3) is 10.2 Å². The summed E-state index contributed by atoms with van der Waals surface area (Å²) in [5.41, 5.74) is 1.57. The first kappa shape index (κ1) is 21.3. The number of hydrogen-bond donors (Lipinski definition) is 3. The maximum atomic E-state index is 12.7. The van der Waals surface area contributed by atoms with Crippen LogP contribution in [0.2, 0.25) is 0 Å². The number of halogens is 1. The maximum Gasteiger partial charge on any atom is 0.269 e. The van der Waals surface area contributed by atoms with Crippen molar-refractivity contribution in [2.45, 2.75) is 4.90 Å². The van der Waals surface area contributed by atoms with Gasteiger partial charge >= 0.3 is 0 Å². The van der Waals surface area contributed by atoms with E-state index in [2.05, 4.69) is 31.6 Å². The number of hydrogen-bond acceptors (Lipinski definition) is 3. The van der Waals surface area contributed by atoms with E-state index in [0.29, 0.717) is 15.8 Å². The Bertz CT molecular complexity index is 1040. The monoisotopic (exact) mass is 488 g/mol. The van der Waals surface area contributed by atoms with Crippen LogP contribution in [0.25, 0.3) is 0 Å². The van der Waals surface area contributed by atoms with Crippen LogP contribution in [0, 0.1) is 0 Å². The lowest BCUT2D eigenvalue weighted by molar-refractivity contribution is 0.497. The number of benzene rings is 3. The average molecular weight is 489 g/mol. The second-order valence-electron chi connectivity index (χ2n) is 6.04. The van der Waals surface area contributed by atoms with Crippen LogP contribution in [0.15, 0.2) is 99.3 Å². The number of rotatable bonds is 5. The maximum absolute atomic E-state index is 12.7. The Labute approximate surface area is 184 Å². The molecule has 0 bridgehead atoms. The van der Waals surface area contributed by atoms with E-state index in [1.54, 1.807) is 30.3 Å². The van der Waals surface area contributed by atoms with Gasteiger partial charge in [0.05, 0.1) is 0 Å². The highest BCUT2D eigenvalue weighted by molar-refractivity contribution is 9.10. The quantitative estimate of drug-likeness (QED) is 0.200. The zero-order valence-corrected chi connectivity index (χ0v) is 18.5. The van der Waals surface area contributed by atoms with Gasteiger partial charge in [0, 0.05) is 15.7 Å². The Kier molecular flexibility index (Phi) is 7.27. The lowest BCUT2D eigenvalue weighted by atomic mass is 10.2. The summed E-state index contributed by atoms with van der Waals surface area (Å²) in [6.45, 7) is 0. The van der Waals surface area contributed by atoms with Crippen LogP contribution in [0.3, 0.4) is 0 Å². The molecule has 1 atom stereocenters. The molecule has 0 heterocycles. The summed E-state index contributed by atoms with van der Waals surface area (Å²) in [6.07, 6.45) is 0. The van der Waals surface area contributed by atoms with Crippen LogP contribution in [-0.4, -0.2) is 21.4 Å². The van der Waals surface area contributed by atoms with E-state index in [9.17, 15) is 8.76 Å². The lowest BCUT2D eigenvalue weighted by Gasteiger charge is -2.13. The van der Waals surface area contributed by atoms with Crippen molar-refractivity contribution in [3.05, 3.63) is 95.0 Å². The molecule has 3 aromatic rings. The van der Waals surface area contributed by atoms with Gasteiger partial charge in [-0.2, -0.15) is 4.55 Å². The standard InChI is InChI=1S/C21H18BrN3O2S2/c22-17-11-13-18(14-12-17)24-21(28)25-20(16-7-3-1-4-8-16)23-15-29(26,27)19-9-5-2-6-10-19/h1-14H,15H2,(H2-,23,24,25,26,27,28)/p+1. The molecule has 0 amide bonds. The summed E-state index contributed by atoms with van der Waals surface area (Å²) in [5, 5.41) is 6.46. The zero-order valence-electron chi connectivity index (χ0n) is 15.3. The van der Waals surface area contributed by atoms with Crippen LogP contribution >= 0.6 is 28.1 Å². The summed E-state index contributed by atoms with van der Waals surface area (Å²) < 4.78 is 24.1. The van der Waals surface area contributed by atoms with Gasteiger partial charge in [-0.3, -0.25) is 0 Å². The van der Waals surface area contributed by atoms with E-state index in [1.807, 2.05) is 54.6 Å². The van der Waals surface area contributed by atoms with Crippen molar-refractivity contribution >= 4 is 55.0 Å². The van der Waals surface area contributed by atoms with E-state index in [4.69, 9.17) is 12.2 Å². The smallest absolute Gasteiger partial charge is 0.269 e. The van der Waals surface area contributed by atoms with Crippen molar-refractivity contribution < 1.29 is 8.76 Å². The van der Waals surface area contributed by atoms with Crippen LogP contribution in [0.5, 0.6) is 0 Å². The minimum absolute atomic E-state index is 0.283.